The van der Waals surface area contributed by atoms with Crippen LogP contribution < -0.4 is 5.32 Å². The topological polar surface area (TPSA) is 58.6 Å². The third kappa shape index (κ3) is 3.62. The van der Waals surface area contributed by atoms with Gasteiger partial charge in [0.15, 0.2) is 0 Å². The maximum absolute atomic E-state index is 12.3. The molecular weight excluding hydrogens is 277 g/mol. The van der Waals surface area contributed by atoms with E-state index in [2.05, 4.69) is 10.1 Å². The Morgan fingerprint density at radius 2 is 1.90 bits per heavy atom. The summed E-state index contributed by atoms with van der Waals surface area (Å²) in [5, 5.41) is 2.60. The van der Waals surface area contributed by atoms with E-state index in [4.69, 9.17) is 0 Å². The molecule has 0 aromatic carbocycles. The van der Waals surface area contributed by atoms with Crippen molar-refractivity contribution in [2.75, 3.05) is 13.2 Å². The minimum absolute atomic E-state index is 0.145. The van der Waals surface area contributed by atoms with Gasteiger partial charge in [-0.2, -0.15) is 0 Å². The average molecular weight is 296 g/mol. The Labute approximate surface area is 115 Å². The van der Waals surface area contributed by atoms with E-state index in [0.29, 0.717) is 0 Å². The minimum Gasteiger partial charge on any atom is -0.342 e. The summed E-state index contributed by atoms with van der Waals surface area (Å²) in [4.78, 5) is 25.4. The van der Waals surface area contributed by atoms with Crippen molar-refractivity contribution in [1.82, 2.24) is 10.2 Å². The standard InChI is InChI=1S/C12H19F3N2O3/c1-7(2)8-9(18)17(5-6-20-12(13,14)15)11(3,4)10(19)16-8/h7-8H,5-6H2,1-4H3,(H,16,19). The molecule has 0 radical (unpaired) electrons. The van der Waals surface area contributed by atoms with Crippen molar-refractivity contribution < 1.29 is 27.5 Å². The third-order valence-corrected chi connectivity index (χ3v) is 3.30. The zero-order valence-electron chi connectivity index (χ0n) is 11.9. The van der Waals surface area contributed by atoms with Gasteiger partial charge in [0.25, 0.3) is 0 Å². The molecule has 1 saturated heterocycles. The molecule has 1 aliphatic heterocycles. The molecule has 0 saturated carbocycles. The molecule has 1 fully saturated rings. The van der Waals surface area contributed by atoms with Gasteiger partial charge in [0.05, 0.1) is 6.61 Å². The number of ether oxygens (including phenoxy) is 1. The van der Waals surface area contributed by atoms with E-state index >= 15 is 0 Å². The lowest BCUT2D eigenvalue weighted by atomic mass is 9.91. The van der Waals surface area contributed by atoms with E-state index in [1.807, 2.05) is 0 Å². The van der Waals surface area contributed by atoms with Gasteiger partial charge in [-0.1, -0.05) is 13.8 Å². The second-order valence-electron chi connectivity index (χ2n) is 5.54. The predicted molar refractivity (Wildman–Crippen MR) is 64.6 cm³/mol. The molecule has 1 aliphatic rings. The van der Waals surface area contributed by atoms with E-state index in [1.165, 1.54) is 13.8 Å². The van der Waals surface area contributed by atoms with Crippen LogP contribution in [0.4, 0.5) is 13.2 Å². The Morgan fingerprint density at radius 3 is 2.35 bits per heavy atom. The summed E-state index contributed by atoms with van der Waals surface area (Å²) in [6.45, 7) is 5.50. The van der Waals surface area contributed by atoms with Crippen molar-refractivity contribution in [2.45, 2.75) is 45.6 Å². The number of nitrogens with zero attached hydrogens (tertiary/aromatic N) is 1. The molecule has 1 unspecified atom stereocenters. The van der Waals surface area contributed by atoms with Crippen LogP contribution in [0.3, 0.4) is 0 Å². The van der Waals surface area contributed by atoms with E-state index < -0.39 is 30.5 Å². The molecule has 8 heteroatoms. The van der Waals surface area contributed by atoms with Gasteiger partial charge in [0.2, 0.25) is 11.8 Å². The maximum Gasteiger partial charge on any atom is 0.522 e. The van der Waals surface area contributed by atoms with Gasteiger partial charge in [-0.25, -0.2) is 0 Å². The van der Waals surface area contributed by atoms with Crippen molar-refractivity contribution in [1.29, 1.82) is 0 Å². The van der Waals surface area contributed by atoms with E-state index in [0.717, 1.165) is 4.90 Å². The number of hydrogen-bond donors (Lipinski definition) is 1. The molecule has 1 rings (SSSR count). The number of carbonyl (C=O) groups excluding carboxylic acids is 2. The summed E-state index contributed by atoms with van der Waals surface area (Å²) in [6, 6.07) is -0.721. The van der Waals surface area contributed by atoms with Crippen LogP contribution in [0.25, 0.3) is 0 Å². The fourth-order valence-corrected chi connectivity index (χ4v) is 2.04. The van der Waals surface area contributed by atoms with Gasteiger partial charge in [0, 0.05) is 6.54 Å². The normalized spacial score (nSPS) is 23.2. The minimum atomic E-state index is -4.75. The van der Waals surface area contributed by atoms with Gasteiger partial charge in [-0.15, -0.1) is 13.2 Å². The van der Waals surface area contributed by atoms with Gasteiger partial charge in [-0.3, -0.25) is 14.3 Å². The smallest absolute Gasteiger partial charge is 0.342 e. The van der Waals surface area contributed by atoms with E-state index in [-0.39, 0.29) is 18.4 Å². The van der Waals surface area contributed by atoms with Gasteiger partial charge < -0.3 is 10.2 Å². The molecule has 5 nitrogen and oxygen atoms in total. The van der Waals surface area contributed by atoms with Crippen molar-refractivity contribution in [2.24, 2.45) is 5.92 Å². The molecule has 1 N–H and O–H groups in total. The van der Waals surface area contributed by atoms with Crippen LogP contribution in [0.15, 0.2) is 0 Å². The Morgan fingerprint density at radius 1 is 1.35 bits per heavy atom. The lowest BCUT2D eigenvalue weighted by molar-refractivity contribution is -0.325. The first kappa shape index (κ1) is 16.7. The molecule has 0 bridgehead atoms. The predicted octanol–water partition coefficient (Wildman–Crippen LogP) is 1.28. The zero-order chi connectivity index (χ0) is 15.7. The largest absolute Gasteiger partial charge is 0.522 e. The number of amides is 2. The Hall–Kier alpha value is -1.31. The van der Waals surface area contributed by atoms with Crippen molar-refractivity contribution in [3.63, 3.8) is 0 Å². The molecule has 1 atom stereocenters. The molecule has 0 aromatic heterocycles. The number of halogens is 3. The summed E-state index contributed by atoms with van der Waals surface area (Å²) in [6.07, 6.45) is -4.75. The molecule has 20 heavy (non-hydrogen) atoms. The Bertz CT molecular complexity index is 394. The van der Waals surface area contributed by atoms with Crippen LogP contribution in [0, 0.1) is 5.92 Å². The molecule has 0 aromatic rings. The lowest BCUT2D eigenvalue weighted by Gasteiger charge is -2.45. The first-order valence-electron chi connectivity index (χ1n) is 6.30. The molecule has 116 valence electrons. The highest BCUT2D eigenvalue weighted by molar-refractivity contribution is 5.99. The van der Waals surface area contributed by atoms with Crippen molar-refractivity contribution in [3.8, 4) is 0 Å². The zero-order valence-corrected chi connectivity index (χ0v) is 11.9. The fraction of sp³-hybridized carbons (Fsp3) is 0.833. The van der Waals surface area contributed by atoms with Crippen molar-refractivity contribution >= 4 is 11.8 Å². The Balaban J connectivity index is 2.82. The van der Waals surface area contributed by atoms with Crippen LogP contribution in [-0.4, -0.2) is 47.8 Å². The average Bonchev–Trinajstić information content (AvgIpc) is 2.26. The summed E-state index contributed by atoms with van der Waals surface area (Å²) in [5.41, 5.74) is -1.20. The van der Waals surface area contributed by atoms with Crippen LogP contribution in [0.1, 0.15) is 27.7 Å². The van der Waals surface area contributed by atoms with E-state index in [9.17, 15) is 22.8 Å². The van der Waals surface area contributed by atoms with Gasteiger partial charge >= 0.3 is 6.36 Å². The molecule has 1 heterocycles. The second kappa shape index (κ2) is 5.59. The monoisotopic (exact) mass is 296 g/mol. The highest BCUT2D eigenvalue weighted by Crippen LogP contribution is 2.24. The summed E-state index contributed by atoms with van der Waals surface area (Å²) >= 11 is 0. The summed E-state index contributed by atoms with van der Waals surface area (Å²) in [5.74, 6) is -0.924. The number of piperazine rings is 1. The van der Waals surface area contributed by atoms with Crippen molar-refractivity contribution in [3.05, 3.63) is 0 Å². The first-order chi connectivity index (χ1) is 8.97. The quantitative estimate of drug-likeness (QED) is 0.850. The van der Waals surface area contributed by atoms with Crippen LogP contribution >= 0.6 is 0 Å². The van der Waals surface area contributed by atoms with Crippen LogP contribution in [-0.2, 0) is 14.3 Å². The molecule has 0 spiro atoms. The third-order valence-electron chi connectivity index (χ3n) is 3.30. The fourth-order valence-electron chi connectivity index (χ4n) is 2.04. The molecule has 0 aliphatic carbocycles. The Kier molecular flexibility index (Phi) is 4.68. The SMILES string of the molecule is CC(C)C1NC(=O)C(C)(C)N(CCOC(F)(F)F)C1=O. The second-order valence-corrected chi connectivity index (χ2v) is 5.54. The van der Waals surface area contributed by atoms with Crippen LogP contribution in [0.5, 0.6) is 0 Å². The number of alkyl halides is 3. The number of rotatable bonds is 4. The number of nitrogens with one attached hydrogen (secondary N) is 1. The van der Waals surface area contributed by atoms with E-state index in [1.54, 1.807) is 13.8 Å². The number of carbonyl (C=O) groups is 2. The summed E-state index contributed by atoms with van der Waals surface area (Å²) < 4.78 is 39.6. The highest BCUT2D eigenvalue weighted by atomic mass is 19.4. The first-order valence-corrected chi connectivity index (χ1v) is 6.30. The highest BCUT2D eigenvalue weighted by Gasteiger charge is 2.47. The maximum atomic E-state index is 12.3. The van der Waals surface area contributed by atoms with Crippen LogP contribution in [0.2, 0.25) is 0 Å². The number of hydrogen-bond acceptors (Lipinski definition) is 3. The lowest BCUT2D eigenvalue weighted by Crippen LogP contribution is -2.69. The van der Waals surface area contributed by atoms with Gasteiger partial charge in [-0.05, 0) is 19.8 Å². The van der Waals surface area contributed by atoms with Gasteiger partial charge in [0.1, 0.15) is 11.6 Å². The summed E-state index contributed by atoms with van der Waals surface area (Å²) in [7, 11) is 0. The molecule has 2 amide bonds. The molecular formula is C12H19F3N2O3.